The molecular weight excluding hydrogens is 310 g/mol. The number of aliphatic imine (C=N–C) groups is 1. The third-order valence-corrected chi connectivity index (χ3v) is 4.29. The average Bonchev–Trinajstić information content (AvgIpc) is 2.98. The third kappa shape index (κ3) is 6.25. The Balaban J connectivity index is 1.78. The summed E-state index contributed by atoms with van der Waals surface area (Å²) in [5.74, 6) is 1.97. The lowest BCUT2D eigenvalue weighted by atomic mass is 10.1. The Morgan fingerprint density at radius 3 is 2.68 bits per heavy atom. The second-order valence-corrected chi connectivity index (χ2v) is 6.43. The highest BCUT2D eigenvalue weighted by Crippen LogP contribution is 2.11. The van der Waals surface area contributed by atoms with Crippen LogP contribution in [0.15, 0.2) is 35.6 Å². The molecule has 2 N–H and O–H groups in total. The van der Waals surface area contributed by atoms with E-state index in [1.54, 1.807) is 0 Å². The van der Waals surface area contributed by atoms with E-state index in [2.05, 4.69) is 59.2 Å². The van der Waals surface area contributed by atoms with Crippen molar-refractivity contribution in [3.63, 3.8) is 0 Å². The number of nitrogens with one attached hydrogen (secondary N) is 2. The lowest BCUT2D eigenvalue weighted by Gasteiger charge is -2.12. The van der Waals surface area contributed by atoms with E-state index in [-0.39, 0.29) is 0 Å². The molecule has 0 aliphatic carbocycles. The lowest BCUT2D eigenvalue weighted by molar-refractivity contribution is 0.588. The highest BCUT2D eigenvalue weighted by atomic mass is 15.2. The summed E-state index contributed by atoms with van der Waals surface area (Å²) in [5, 5.41) is 6.75. The molecule has 5 nitrogen and oxygen atoms in total. The standard InChI is InChI=1S/C20H31N5/c1-5-21-20(24-15-19-9-8-16(2)14-17(19)3)23-10-6-7-12-25-13-11-22-18(25)4/h8-9,11,13-14H,5-7,10,12,15H2,1-4H3,(H2,21,23,24). The van der Waals surface area contributed by atoms with Crippen molar-refractivity contribution in [2.75, 3.05) is 13.1 Å². The predicted octanol–water partition coefficient (Wildman–Crippen LogP) is 3.34. The van der Waals surface area contributed by atoms with Gasteiger partial charge in [0.15, 0.2) is 5.96 Å². The largest absolute Gasteiger partial charge is 0.357 e. The van der Waals surface area contributed by atoms with Crippen LogP contribution in [0.1, 0.15) is 42.3 Å². The van der Waals surface area contributed by atoms with Gasteiger partial charge in [0.2, 0.25) is 0 Å². The second kappa shape index (κ2) is 9.87. The van der Waals surface area contributed by atoms with Crippen molar-refractivity contribution in [3.8, 4) is 0 Å². The SMILES string of the molecule is CCNC(=NCc1ccc(C)cc1C)NCCCCn1ccnc1C. The van der Waals surface area contributed by atoms with E-state index in [4.69, 9.17) is 4.99 Å². The molecule has 2 rings (SSSR count). The maximum absolute atomic E-state index is 4.72. The van der Waals surface area contributed by atoms with Crippen LogP contribution in [0.2, 0.25) is 0 Å². The summed E-state index contributed by atoms with van der Waals surface area (Å²) in [6.45, 7) is 11.9. The molecule has 0 amide bonds. The smallest absolute Gasteiger partial charge is 0.191 e. The number of imidazole rings is 1. The van der Waals surface area contributed by atoms with Gasteiger partial charge >= 0.3 is 0 Å². The molecule has 0 saturated carbocycles. The van der Waals surface area contributed by atoms with Crippen molar-refractivity contribution in [1.82, 2.24) is 20.2 Å². The van der Waals surface area contributed by atoms with E-state index in [1.165, 1.54) is 16.7 Å². The number of aryl methyl sites for hydroxylation is 4. The minimum atomic E-state index is 0.704. The van der Waals surface area contributed by atoms with Crippen molar-refractivity contribution >= 4 is 5.96 Å². The maximum Gasteiger partial charge on any atom is 0.191 e. The van der Waals surface area contributed by atoms with Crippen LogP contribution >= 0.6 is 0 Å². The molecular formula is C20H31N5. The Morgan fingerprint density at radius 1 is 1.16 bits per heavy atom. The van der Waals surface area contributed by atoms with E-state index in [1.807, 2.05) is 19.3 Å². The summed E-state index contributed by atoms with van der Waals surface area (Å²) in [7, 11) is 0. The Kier molecular flexibility index (Phi) is 7.51. The molecule has 136 valence electrons. The minimum Gasteiger partial charge on any atom is -0.357 e. The normalized spacial score (nSPS) is 11.6. The number of hydrogen-bond acceptors (Lipinski definition) is 2. The van der Waals surface area contributed by atoms with Gasteiger partial charge in [-0.2, -0.15) is 0 Å². The van der Waals surface area contributed by atoms with E-state index in [0.29, 0.717) is 6.54 Å². The number of guanidine groups is 1. The molecule has 0 bridgehead atoms. The fourth-order valence-electron chi connectivity index (χ4n) is 2.78. The molecule has 5 heteroatoms. The number of unbranched alkanes of at least 4 members (excludes halogenated alkanes) is 1. The van der Waals surface area contributed by atoms with E-state index in [9.17, 15) is 0 Å². The summed E-state index contributed by atoms with van der Waals surface area (Å²) < 4.78 is 2.19. The number of rotatable bonds is 8. The van der Waals surface area contributed by atoms with Gasteiger partial charge in [-0.15, -0.1) is 0 Å². The van der Waals surface area contributed by atoms with Crippen molar-refractivity contribution in [2.24, 2.45) is 4.99 Å². The van der Waals surface area contributed by atoms with Gasteiger partial charge < -0.3 is 15.2 Å². The van der Waals surface area contributed by atoms with Crippen LogP contribution in [0.3, 0.4) is 0 Å². The van der Waals surface area contributed by atoms with Crippen molar-refractivity contribution < 1.29 is 0 Å². The first-order valence-corrected chi connectivity index (χ1v) is 9.16. The molecule has 25 heavy (non-hydrogen) atoms. The fraction of sp³-hybridized carbons (Fsp3) is 0.500. The average molecular weight is 342 g/mol. The summed E-state index contributed by atoms with van der Waals surface area (Å²) in [6, 6.07) is 6.53. The Morgan fingerprint density at radius 2 is 2.00 bits per heavy atom. The first kappa shape index (κ1) is 19.0. The lowest BCUT2D eigenvalue weighted by Crippen LogP contribution is -2.37. The molecule has 2 aromatic rings. The molecule has 0 radical (unpaired) electrons. The number of hydrogen-bond donors (Lipinski definition) is 2. The highest BCUT2D eigenvalue weighted by Gasteiger charge is 2.01. The topological polar surface area (TPSA) is 54.2 Å². The quantitative estimate of drug-likeness (QED) is 0.440. The van der Waals surface area contributed by atoms with Crippen LogP contribution < -0.4 is 10.6 Å². The second-order valence-electron chi connectivity index (χ2n) is 6.43. The van der Waals surface area contributed by atoms with Gasteiger partial charge in [0.05, 0.1) is 6.54 Å². The van der Waals surface area contributed by atoms with Crippen LogP contribution in [-0.4, -0.2) is 28.6 Å². The Bertz CT molecular complexity index is 687. The molecule has 1 aromatic carbocycles. The summed E-state index contributed by atoms with van der Waals surface area (Å²) in [6.07, 6.45) is 6.13. The molecule has 1 aromatic heterocycles. The highest BCUT2D eigenvalue weighted by molar-refractivity contribution is 5.79. The van der Waals surface area contributed by atoms with Crippen LogP contribution in [-0.2, 0) is 13.1 Å². The van der Waals surface area contributed by atoms with Crippen molar-refractivity contribution in [2.45, 2.75) is 53.6 Å². The molecule has 0 saturated heterocycles. The molecule has 0 atom stereocenters. The van der Waals surface area contributed by atoms with Gasteiger partial charge in [0, 0.05) is 32.0 Å². The van der Waals surface area contributed by atoms with E-state index < -0.39 is 0 Å². The zero-order valence-corrected chi connectivity index (χ0v) is 16.0. The number of benzene rings is 1. The Labute approximate surface area is 151 Å². The van der Waals surface area contributed by atoms with Gasteiger partial charge in [-0.25, -0.2) is 9.98 Å². The molecule has 0 unspecified atom stereocenters. The predicted molar refractivity (Wildman–Crippen MR) is 105 cm³/mol. The Hall–Kier alpha value is -2.30. The number of nitrogens with zero attached hydrogens (tertiary/aromatic N) is 3. The van der Waals surface area contributed by atoms with Crippen LogP contribution in [0, 0.1) is 20.8 Å². The third-order valence-electron chi connectivity index (χ3n) is 4.29. The summed E-state index contributed by atoms with van der Waals surface area (Å²) in [5.41, 5.74) is 3.87. The van der Waals surface area contributed by atoms with Gasteiger partial charge in [-0.1, -0.05) is 23.8 Å². The molecule has 0 fully saturated rings. The summed E-state index contributed by atoms with van der Waals surface area (Å²) >= 11 is 0. The first-order valence-electron chi connectivity index (χ1n) is 9.16. The van der Waals surface area contributed by atoms with Gasteiger partial charge in [0.25, 0.3) is 0 Å². The zero-order valence-electron chi connectivity index (χ0n) is 16.0. The fourth-order valence-corrected chi connectivity index (χ4v) is 2.78. The first-order chi connectivity index (χ1) is 12.1. The van der Waals surface area contributed by atoms with Gasteiger partial charge in [-0.05, 0) is 51.7 Å². The van der Waals surface area contributed by atoms with E-state index in [0.717, 1.165) is 44.3 Å². The van der Waals surface area contributed by atoms with Crippen LogP contribution in [0.4, 0.5) is 0 Å². The number of aromatic nitrogens is 2. The van der Waals surface area contributed by atoms with Crippen LogP contribution in [0.5, 0.6) is 0 Å². The van der Waals surface area contributed by atoms with Crippen molar-refractivity contribution in [3.05, 3.63) is 53.1 Å². The minimum absolute atomic E-state index is 0.704. The van der Waals surface area contributed by atoms with Gasteiger partial charge in [0.1, 0.15) is 5.82 Å². The summed E-state index contributed by atoms with van der Waals surface area (Å²) in [4.78, 5) is 8.97. The van der Waals surface area contributed by atoms with E-state index >= 15 is 0 Å². The van der Waals surface area contributed by atoms with Crippen molar-refractivity contribution in [1.29, 1.82) is 0 Å². The molecule has 1 heterocycles. The molecule has 0 aliphatic rings. The van der Waals surface area contributed by atoms with Crippen LogP contribution in [0.25, 0.3) is 0 Å². The molecule has 0 spiro atoms. The molecule has 0 aliphatic heterocycles. The maximum atomic E-state index is 4.72. The monoisotopic (exact) mass is 341 g/mol. The zero-order chi connectivity index (χ0) is 18.1. The van der Waals surface area contributed by atoms with Gasteiger partial charge in [-0.3, -0.25) is 0 Å².